The number of aromatic hydroxyl groups is 1. The first-order chi connectivity index (χ1) is 10.1. The van der Waals surface area contributed by atoms with E-state index in [0.29, 0.717) is 0 Å². The Morgan fingerprint density at radius 1 is 1.05 bits per heavy atom. The molecule has 6 heteroatoms. The molecule has 0 unspecified atom stereocenters. The number of benzene rings is 2. The Kier molecular flexibility index (Phi) is 4.84. The van der Waals surface area contributed by atoms with Crippen molar-refractivity contribution in [2.75, 3.05) is 11.1 Å². The van der Waals surface area contributed by atoms with Gasteiger partial charge in [0, 0.05) is 4.90 Å². The van der Waals surface area contributed by atoms with Gasteiger partial charge in [0.25, 0.3) is 0 Å². The maximum absolute atomic E-state index is 11.8. The van der Waals surface area contributed by atoms with Gasteiger partial charge < -0.3 is 15.5 Å². The normalized spacial score (nSPS) is 10.1. The highest BCUT2D eigenvalue weighted by Crippen LogP contribution is 2.27. The summed E-state index contributed by atoms with van der Waals surface area (Å²) in [5.74, 6) is -1.84. The lowest BCUT2D eigenvalue weighted by Crippen LogP contribution is -2.14. The summed E-state index contributed by atoms with van der Waals surface area (Å²) in [5.41, 5.74) is -0.155. The van der Waals surface area contributed by atoms with E-state index in [1.54, 1.807) is 0 Å². The average Bonchev–Trinajstić information content (AvgIpc) is 2.48. The number of thioether (sulfide) groups is 1. The van der Waals surface area contributed by atoms with Crippen LogP contribution < -0.4 is 5.32 Å². The predicted molar refractivity (Wildman–Crippen MR) is 80.9 cm³/mol. The molecule has 0 spiro atoms. The number of hydrogen-bond donors (Lipinski definition) is 3. The number of aromatic carboxylic acids is 1. The molecule has 0 atom stereocenters. The van der Waals surface area contributed by atoms with E-state index in [0.717, 1.165) is 4.90 Å². The zero-order valence-corrected chi connectivity index (χ0v) is 11.8. The summed E-state index contributed by atoms with van der Waals surface area (Å²) in [6.45, 7) is 0. The summed E-state index contributed by atoms with van der Waals surface area (Å²) < 4.78 is 0. The molecule has 0 saturated carbocycles. The van der Waals surface area contributed by atoms with Crippen LogP contribution in [-0.2, 0) is 4.79 Å². The van der Waals surface area contributed by atoms with Crippen LogP contribution in [0.25, 0.3) is 0 Å². The number of anilines is 1. The number of phenols is 1. The molecule has 2 rings (SSSR count). The van der Waals surface area contributed by atoms with Crippen LogP contribution in [0.4, 0.5) is 5.69 Å². The third-order valence-corrected chi connectivity index (χ3v) is 3.67. The van der Waals surface area contributed by atoms with Crippen LogP contribution in [0.1, 0.15) is 10.4 Å². The molecule has 0 radical (unpaired) electrons. The Morgan fingerprint density at radius 2 is 1.76 bits per heavy atom. The smallest absolute Gasteiger partial charge is 0.339 e. The van der Waals surface area contributed by atoms with Crippen LogP contribution >= 0.6 is 11.8 Å². The Hall–Kier alpha value is -2.47. The molecule has 0 aliphatic heterocycles. The zero-order valence-electron chi connectivity index (χ0n) is 10.9. The Morgan fingerprint density at radius 3 is 2.43 bits per heavy atom. The molecule has 21 heavy (non-hydrogen) atoms. The summed E-state index contributed by atoms with van der Waals surface area (Å²) in [4.78, 5) is 23.7. The molecule has 0 aliphatic carbocycles. The van der Waals surface area contributed by atoms with Gasteiger partial charge in [-0.1, -0.05) is 24.3 Å². The minimum atomic E-state index is -1.25. The lowest BCUT2D eigenvalue weighted by Gasteiger charge is -2.09. The van der Waals surface area contributed by atoms with Crippen LogP contribution in [0, 0.1) is 0 Å². The van der Waals surface area contributed by atoms with E-state index in [2.05, 4.69) is 5.32 Å². The van der Waals surface area contributed by atoms with Crippen LogP contribution in [0.2, 0.25) is 0 Å². The number of carbonyl (C=O) groups excluding carboxylic acids is 1. The van der Waals surface area contributed by atoms with Crippen LogP contribution in [0.15, 0.2) is 53.4 Å². The van der Waals surface area contributed by atoms with Crippen molar-refractivity contribution >= 4 is 29.3 Å². The topological polar surface area (TPSA) is 86.6 Å². The summed E-state index contributed by atoms with van der Waals surface area (Å²) in [6, 6.07) is 13.6. The number of nitrogens with one attached hydrogen (secondary N) is 1. The van der Waals surface area contributed by atoms with E-state index < -0.39 is 11.7 Å². The van der Waals surface area contributed by atoms with Crippen LogP contribution in [0.5, 0.6) is 5.75 Å². The maximum atomic E-state index is 11.8. The van der Waals surface area contributed by atoms with Gasteiger partial charge in [0.05, 0.1) is 11.4 Å². The fourth-order valence-corrected chi connectivity index (χ4v) is 2.39. The van der Waals surface area contributed by atoms with Crippen molar-refractivity contribution in [2.24, 2.45) is 0 Å². The average molecular weight is 303 g/mol. The van der Waals surface area contributed by atoms with Crippen molar-refractivity contribution in [1.29, 1.82) is 0 Å². The Bertz CT molecular complexity index is 658. The van der Waals surface area contributed by atoms with Gasteiger partial charge in [-0.15, -0.1) is 11.8 Å². The van der Waals surface area contributed by atoms with Crippen molar-refractivity contribution < 1.29 is 19.8 Å². The van der Waals surface area contributed by atoms with Crippen LogP contribution in [0.3, 0.4) is 0 Å². The number of hydrogen-bond acceptors (Lipinski definition) is 4. The van der Waals surface area contributed by atoms with Crippen molar-refractivity contribution in [3.05, 3.63) is 54.1 Å². The molecule has 0 aromatic heterocycles. The second-order valence-corrected chi connectivity index (χ2v) is 5.21. The molecule has 2 aromatic rings. The number of carbonyl (C=O) groups is 2. The van der Waals surface area contributed by atoms with Crippen molar-refractivity contribution in [1.82, 2.24) is 0 Å². The number of rotatable bonds is 5. The zero-order chi connectivity index (χ0) is 15.2. The first-order valence-electron chi connectivity index (χ1n) is 6.11. The highest BCUT2D eigenvalue weighted by atomic mass is 32.2. The van der Waals surface area contributed by atoms with Gasteiger partial charge in [0.2, 0.25) is 5.91 Å². The van der Waals surface area contributed by atoms with E-state index in [1.807, 2.05) is 30.3 Å². The van der Waals surface area contributed by atoms with Crippen molar-refractivity contribution in [2.45, 2.75) is 4.90 Å². The fourth-order valence-electron chi connectivity index (χ4n) is 1.67. The molecule has 0 bridgehead atoms. The second kappa shape index (κ2) is 6.81. The van der Waals surface area contributed by atoms with Gasteiger partial charge >= 0.3 is 5.97 Å². The molecular weight excluding hydrogens is 290 g/mol. The molecule has 0 aliphatic rings. The predicted octanol–water partition coefficient (Wildman–Crippen LogP) is 2.82. The highest BCUT2D eigenvalue weighted by Gasteiger charge is 2.14. The molecule has 108 valence electrons. The van der Waals surface area contributed by atoms with Gasteiger partial charge in [-0.2, -0.15) is 0 Å². The largest absolute Gasteiger partial charge is 0.505 e. The molecule has 0 saturated heterocycles. The standard InChI is InChI=1S/C15H13NO4S/c17-13(9-21-10-5-2-1-3-6-10)16-12-8-4-7-11(14(12)18)15(19)20/h1-8,18H,9H2,(H,16,17)(H,19,20). The van der Waals surface area contributed by atoms with Gasteiger partial charge in [-0.25, -0.2) is 4.79 Å². The lowest BCUT2D eigenvalue weighted by molar-refractivity contribution is -0.113. The number of amides is 1. The monoisotopic (exact) mass is 303 g/mol. The first-order valence-corrected chi connectivity index (χ1v) is 7.09. The summed E-state index contributed by atoms with van der Waals surface area (Å²) in [5, 5.41) is 21.2. The minimum absolute atomic E-state index is 0.0913. The highest BCUT2D eigenvalue weighted by molar-refractivity contribution is 8.00. The van der Waals surface area contributed by atoms with E-state index in [9.17, 15) is 14.7 Å². The Balaban J connectivity index is 2.00. The van der Waals surface area contributed by atoms with E-state index in [-0.39, 0.29) is 22.9 Å². The molecular formula is C15H13NO4S. The van der Waals surface area contributed by atoms with Crippen LogP contribution in [-0.4, -0.2) is 27.8 Å². The third kappa shape index (κ3) is 4.00. The molecule has 2 aromatic carbocycles. The number of carboxylic acid groups (broad SMARTS) is 1. The van der Waals surface area contributed by atoms with E-state index in [1.165, 1.54) is 30.0 Å². The van der Waals surface area contributed by atoms with Gasteiger partial charge in [0.15, 0.2) is 5.75 Å². The third-order valence-electron chi connectivity index (χ3n) is 2.65. The minimum Gasteiger partial charge on any atom is -0.505 e. The number of para-hydroxylation sites is 1. The van der Waals surface area contributed by atoms with E-state index >= 15 is 0 Å². The van der Waals surface area contributed by atoms with Gasteiger partial charge in [-0.05, 0) is 24.3 Å². The van der Waals surface area contributed by atoms with Crippen molar-refractivity contribution in [3.63, 3.8) is 0 Å². The van der Waals surface area contributed by atoms with Crippen molar-refractivity contribution in [3.8, 4) is 5.75 Å². The maximum Gasteiger partial charge on any atom is 0.339 e. The van der Waals surface area contributed by atoms with E-state index in [4.69, 9.17) is 5.11 Å². The molecule has 0 heterocycles. The van der Waals surface area contributed by atoms with Gasteiger partial charge in [-0.3, -0.25) is 4.79 Å². The summed E-state index contributed by atoms with van der Waals surface area (Å²) in [6.07, 6.45) is 0. The Labute approximate surface area is 125 Å². The molecule has 3 N–H and O–H groups in total. The summed E-state index contributed by atoms with van der Waals surface area (Å²) >= 11 is 1.35. The molecule has 5 nitrogen and oxygen atoms in total. The summed E-state index contributed by atoms with van der Waals surface area (Å²) in [7, 11) is 0. The molecule has 0 fully saturated rings. The quantitative estimate of drug-likeness (QED) is 0.584. The second-order valence-electron chi connectivity index (χ2n) is 4.16. The number of carboxylic acids is 1. The van der Waals surface area contributed by atoms with Gasteiger partial charge in [0.1, 0.15) is 5.56 Å². The lowest BCUT2D eigenvalue weighted by atomic mass is 10.1. The SMILES string of the molecule is O=C(CSc1ccccc1)Nc1cccc(C(=O)O)c1O. The molecule has 1 amide bonds. The fraction of sp³-hybridized carbons (Fsp3) is 0.0667. The first kappa shape index (κ1) is 14.9.